The summed E-state index contributed by atoms with van der Waals surface area (Å²) in [5.74, 6) is -1.08. The lowest BCUT2D eigenvalue weighted by Crippen LogP contribution is -2.47. The fourth-order valence-electron chi connectivity index (χ4n) is 2.43. The van der Waals surface area contributed by atoms with Gasteiger partial charge in [0.15, 0.2) is 0 Å². The summed E-state index contributed by atoms with van der Waals surface area (Å²) < 4.78 is 10.3. The molecule has 4 amide bonds. The molecule has 1 rings (SSSR count). The van der Waals surface area contributed by atoms with Crippen LogP contribution in [0.15, 0.2) is 24.3 Å². The summed E-state index contributed by atoms with van der Waals surface area (Å²) in [4.78, 5) is 49.5. The second kappa shape index (κ2) is 12.7. The average Bonchev–Trinajstić information content (AvgIpc) is 2.68. The largest absolute Gasteiger partial charge is 0.444 e. The number of anilines is 2. The SMILES string of the molecule is CC(C)(C)OC(=O)NC(CS)C(=O)Nc1ccccc1NC(=O)C(CS)NC(=O)OC(C)(C)C. The van der Waals surface area contributed by atoms with Crippen LogP contribution in [0.4, 0.5) is 21.0 Å². The molecule has 0 saturated heterocycles. The minimum absolute atomic E-state index is 0.0150. The Morgan fingerprint density at radius 1 is 0.735 bits per heavy atom. The van der Waals surface area contributed by atoms with Crippen molar-refractivity contribution in [3.8, 4) is 0 Å². The van der Waals surface area contributed by atoms with Crippen molar-refractivity contribution in [2.75, 3.05) is 22.1 Å². The Morgan fingerprint density at radius 3 is 1.32 bits per heavy atom. The third kappa shape index (κ3) is 11.0. The van der Waals surface area contributed by atoms with Gasteiger partial charge in [0.2, 0.25) is 11.8 Å². The fraction of sp³-hybridized carbons (Fsp3) is 0.545. The molecular weight excluding hydrogens is 480 g/mol. The molecule has 1 aromatic rings. The van der Waals surface area contributed by atoms with E-state index in [4.69, 9.17) is 9.47 Å². The number of carbonyl (C=O) groups is 4. The van der Waals surface area contributed by atoms with Crippen molar-refractivity contribution < 1.29 is 28.7 Å². The third-order valence-corrected chi connectivity index (χ3v) is 4.55. The monoisotopic (exact) mass is 514 g/mol. The Morgan fingerprint density at radius 2 is 1.06 bits per heavy atom. The lowest BCUT2D eigenvalue weighted by atomic mass is 10.2. The van der Waals surface area contributed by atoms with Gasteiger partial charge in [-0.1, -0.05) is 12.1 Å². The molecule has 2 atom stereocenters. The number of nitrogens with one attached hydrogen (secondary N) is 4. The van der Waals surface area contributed by atoms with Crippen LogP contribution in [0.3, 0.4) is 0 Å². The number of para-hydroxylation sites is 2. The lowest BCUT2D eigenvalue weighted by molar-refractivity contribution is -0.118. The first-order valence-electron chi connectivity index (χ1n) is 10.6. The highest BCUT2D eigenvalue weighted by Crippen LogP contribution is 2.22. The normalized spacial score (nSPS) is 13.2. The zero-order valence-electron chi connectivity index (χ0n) is 20.2. The summed E-state index contributed by atoms with van der Waals surface area (Å²) in [6.07, 6.45) is -1.51. The van der Waals surface area contributed by atoms with E-state index >= 15 is 0 Å². The van der Waals surface area contributed by atoms with Gasteiger partial charge in [-0.2, -0.15) is 25.3 Å². The van der Waals surface area contributed by atoms with Gasteiger partial charge >= 0.3 is 12.2 Å². The van der Waals surface area contributed by atoms with Crippen LogP contribution in [0.1, 0.15) is 41.5 Å². The van der Waals surface area contributed by atoms with Crippen molar-refractivity contribution >= 4 is 60.6 Å². The van der Waals surface area contributed by atoms with Crippen LogP contribution in [0.2, 0.25) is 0 Å². The second-order valence-corrected chi connectivity index (χ2v) is 10.0. The smallest absolute Gasteiger partial charge is 0.408 e. The molecule has 0 fully saturated rings. The summed E-state index contributed by atoms with van der Waals surface area (Å²) in [7, 11) is 0. The van der Waals surface area contributed by atoms with Gasteiger partial charge in [-0.15, -0.1) is 0 Å². The molecular formula is C22H34N4O6S2. The zero-order chi connectivity index (χ0) is 26.1. The van der Waals surface area contributed by atoms with Crippen LogP contribution >= 0.6 is 25.3 Å². The Balaban J connectivity index is 2.88. The number of ether oxygens (including phenoxy) is 2. The van der Waals surface area contributed by atoms with Crippen molar-refractivity contribution in [2.45, 2.75) is 64.8 Å². The number of carbonyl (C=O) groups excluding carboxylic acids is 4. The molecule has 10 nitrogen and oxygen atoms in total. The molecule has 12 heteroatoms. The topological polar surface area (TPSA) is 135 Å². The Bertz CT molecular complexity index is 812. The van der Waals surface area contributed by atoms with Crippen molar-refractivity contribution in [2.24, 2.45) is 0 Å². The zero-order valence-corrected chi connectivity index (χ0v) is 22.0. The molecule has 0 heterocycles. The molecule has 0 aliphatic rings. The van der Waals surface area contributed by atoms with Crippen molar-refractivity contribution in [1.82, 2.24) is 10.6 Å². The quantitative estimate of drug-likeness (QED) is 0.295. The van der Waals surface area contributed by atoms with Gasteiger partial charge in [0.25, 0.3) is 0 Å². The van der Waals surface area contributed by atoms with Crippen LogP contribution in [0.5, 0.6) is 0 Å². The second-order valence-electron chi connectivity index (χ2n) is 9.29. The van der Waals surface area contributed by atoms with E-state index in [0.29, 0.717) is 0 Å². The van der Waals surface area contributed by atoms with Gasteiger partial charge in [0, 0.05) is 11.5 Å². The van der Waals surface area contributed by atoms with Gasteiger partial charge in [0.1, 0.15) is 23.3 Å². The van der Waals surface area contributed by atoms with Crippen LogP contribution in [-0.2, 0) is 19.1 Å². The van der Waals surface area contributed by atoms with Gasteiger partial charge in [-0.25, -0.2) is 9.59 Å². The van der Waals surface area contributed by atoms with E-state index < -0.39 is 47.3 Å². The predicted octanol–water partition coefficient (Wildman–Crippen LogP) is 3.21. The number of hydrogen-bond donors (Lipinski definition) is 6. The Hall–Kier alpha value is -2.60. The van der Waals surface area contributed by atoms with Crippen LogP contribution < -0.4 is 21.3 Å². The standard InChI is InChI=1S/C22H34N4O6S2/c1-21(2,3)31-19(29)25-15(11-33)17(27)23-13-9-7-8-10-14(13)24-18(28)16(12-34)26-20(30)32-22(4,5)6/h7-10,15-16,33-34H,11-12H2,1-6H3,(H,23,27)(H,24,28)(H,25,29)(H,26,30). The molecule has 34 heavy (non-hydrogen) atoms. The summed E-state index contributed by atoms with van der Waals surface area (Å²) >= 11 is 8.26. The molecule has 0 aliphatic heterocycles. The van der Waals surface area contributed by atoms with E-state index in [2.05, 4.69) is 46.5 Å². The highest BCUT2D eigenvalue weighted by atomic mass is 32.1. The number of alkyl carbamates (subject to hydrolysis) is 2. The number of benzene rings is 1. The maximum absolute atomic E-state index is 12.7. The summed E-state index contributed by atoms with van der Waals surface area (Å²) in [5, 5.41) is 10.2. The Kier molecular flexibility index (Phi) is 11.0. The van der Waals surface area contributed by atoms with Crippen LogP contribution in [-0.4, -0.2) is 58.8 Å². The molecule has 190 valence electrons. The summed E-state index contributed by atoms with van der Waals surface area (Å²) in [5.41, 5.74) is -0.882. The maximum atomic E-state index is 12.7. The van der Waals surface area contributed by atoms with E-state index in [9.17, 15) is 19.2 Å². The number of hydrogen-bond acceptors (Lipinski definition) is 8. The van der Waals surface area contributed by atoms with Crippen LogP contribution in [0.25, 0.3) is 0 Å². The average molecular weight is 515 g/mol. The summed E-state index contributed by atoms with van der Waals surface area (Å²) in [6, 6.07) is 4.51. The number of thiol groups is 2. The first-order chi connectivity index (χ1) is 15.6. The third-order valence-electron chi connectivity index (χ3n) is 3.82. The molecule has 0 aromatic heterocycles. The molecule has 0 spiro atoms. The first kappa shape index (κ1) is 29.4. The van der Waals surface area contributed by atoms with Gasteiger partial charge in [-0.3, -0.25) is 9.59 Å². The van der Waals surface area contributed by atoms with Crippen LogP contribution in [0, 0.1) is 0 Å². The van der Waals surface area contributed by atoms with E-state index in [0.717, 1.165) is 0 Å². The van der Waals surface area contributed by atoms with E-state index in [1.54, 1.807) is 65.8 Å². The molecule has 4 N–H and O–H groups in total. The van der Waals surface area contributed by atoms with Crippen molar-refractivity contribution in [3.63, 3.8) is 0 Å². The lowest BCUT2D eigenvalue weighted by Gasteiger charge is -2.23. The first-order valence-corrected chi connectivity index (χ1v) is 11.8. The van der Waals surface area contributed by atoms with E-state index in [-0.39, 0.29) is 22.9 Å². The predicted molar refractivity (Wildman–Crippen MR) is 138 cm³/mol. The summed E-state index contributed by atoms with van der Waals surface area (Å²) in [6.45, 7) is 10.2. The molecule has 0 saturated carbocycles. The molecule has 2 unspecified atom stereocenters. The van der Waals surface area contributed by atoms with Crippen molar-refractivity contribution in [3.05, 3.63) is 24.3 Å². The van der Waals surface area contributed by atoms with E-state index in [1.165, 1.54) is 0 Å². The minimum Gasteiger partial charge on any atom is -0.444 e. The number of rotatable bonds is 8. The Labute approximate surface area is 211 Å². The van der Waals surface area contributed by atoms with Gasteiger partial charge < -0.3 is 30.7 Å². The van der Waals surface area contributed by atoms with Crippen molar-refractivity contribution in [1.29, 1.82) is 0 Å². The fourth-order valence-corrected chi connectivity index (χ4v) is 2.94. The minimum atomic E-state index is -0.985. The van der Waals surface area contributed by atoms with Gasteiger partial charge in [-0.05, 0) is 53.7 Å². The van der Waals surface area contributed by atoms with E-state index in [1.807, 2.05) is 0 Å². The molecule has 1 aromatic carbocycles. The number of amides is 4. The van der Waals surface area contributed by atoms with Gasteiger partial charge in [0.05, 0.1) is 11.4 Å². The highest BCUT2D eigenvalue weighted by Gasteiger charge is 2.26. The highest BCUT2D eigenvalue weighted by molar-refractivity contribution is 7.80. The maximum Gasteiger partial charge on any atom is 0.408 e. The molecule has 0 aliphatic carbocycles. The molecule has 0 bridgehead atoms. The molecule has 0 radical (unpaired) electrons.